The van der Waals surface area contributed by atoms with Crippen molar-refractivity contribution in [2.45, 2.75) is 12.8 Å². The molecule has 0 spiro atoms. The minimum absolute atomic E-state index is 0.0435. The van der Waals surface area contributed by atoms with Crippen LogP contribution in [0, 0.1) is 0 Å². The number of rotatable bonds is 6. The lowest BCUT2D eigenvalue weighted by Gasteiger charge is -2.01. The first-order valence-electron chi connectivity index (χ1n) is 3.54. The first-order chi connectivity index (χ1) is 5.31. The molecule has 0 aliphatic rings. The van der Waals surface area contributed by atoms with Crippen molar-refractivity contribution in [2.24, 2.45) is 5.73 Å². The zero-order chi connectivity index (χ0) is 8.53. The Bertz CT molecular complexity index is 111. The predicted octanol–water partition coefficient (Wildman–Crippen LogP) is 0.420. The molecule has 1 amide bonds. The van der Waals surface area contributed by atoms with Gasteiger partial charge in [0.1, 0.15) is 0 Å². The summed E-state index contributed by atoms with van der Waals surface area (Å²) in [5.41, 5.74) is 5.28. The monoisotopic (exact) mass is 194 g/mol. The number of carbonyl (C=O) groups excluding carboxylic acids is 1. The van der Waals surface area contributed by atoms with Gasteiger partial charge in [-0.25, -0.2) is 0 Å². The van der Waals surface area contributed by atoms with Gasteiger partial charge in [0.25, 0.3) is 0 Å². The van der Waals surface area contributed by atoms with Crippen LogP contribution in [0.2, 0.25) is 0 Å². The van der Waals surface area contributed by atoms with Crippen molar-refractivity contribution >= 4 is 28.4 Å². The van der Waals surface area contributed by atoms with E-state index in [-0.39, 0.29) is 5.91 Å². The molecule has 0 rings (SSSR count). The molecule has 0 unspecified atom stereocenters. The third kappa shape index (κ3) is 8.03. The van der Waals surface area contributed by atoms with Crippen molar-refractivity contribution in [3.8, 4) is 0 Å². The Morgan fingerprint density at radius 2 is 2.27 bits per heavy atom. The van der Waals surface area contributed by atoms with Crippen molar-refractivity contribution in [3.63, 3.8) is 0 Å². The number of nitrogens with one attached hydrogen (secondary N) is 1. The summed E-state index contributed by atoms with van der Waals surface area (Å²) < 4.78 is 0. The molecule has 0 bridgehead atoms. The van der Waals surface area contributed by atoms with E-state index in [1.165, 1.54) is 10.8 Å². The second kappa shape index (κ2) is 8.23. The Hall–Kier alpha value is 0.130. The van der Waals surface area contributed by atoms with Gasteiger partial charge in [0.2, 0.25) is 5.91 Å². The first-order valence-corrected chi connectivity index (χ1v) is 5.58. The predicted molar refractivity (Wildman–Crippen MR) is 52.7 cm³/mol. The molecular weight excluding hydrogens is 180 g/mol. The quantitative estimate of drug-likeness (QED) is 0.326. The van der Waals surface area contributed by atoms with Gasteiger partial charge < -0.3 is 11.1 Å². The van der Waals surface area contributed by atoms with E-state index in [1.807, 2.05) is 0 Å². The van der Waals surface area contributed by atoms with Gasteiger partial charge in [-0.2, -0.15) is 0 Å². The number of unbranched alkanes of at least 4 members (excludes halogenated alkanes) is 1. The molecule has 11 heavy (non-hydrogen) atoms. The molecule has 5 heteroatoms. The van der Waals surface area contributed by atoms with Crippen molar-refractivity contribution in [3.05, 3.63) is 0 Å². The lowest BCUT2D eigenvalue weighted by atomic mass is 10.3. The Kier molecular flexibility index (Phi) is 8.33. The Morgan fingerprint density at radius 1 is 1.55 bits per heavy atom. The van der Waals surface area contributed by atoms with Crippen LogP contribution in [0.25, 0.3) is 0 Å². The maximum Gasteiger partial charge on any atom is 0.230 e. The molecule has 0 fully saturated rings. The topological polar surface area (TPSA) is 55.1 Å². The number of nitrogens with two attached hydrogens (primary N) is 1. The van der Waals surface area contributed by atoms with Crippen LogP contribution >= 0.6 is 22.5 Å². The van der Waals surface area contributed by atoms with Crippen LogP contribution in [0.1, 0.15) is 12.8 Å². The second-order valence-electron chi connectivity index (χ2n) is 2.12. The summed E-state index contributed by atoms with van der Waals surface area (Å²) in [4.78, 5) is 10.8. The fraction of sp³-hybridized carbons (Fsp3) is 0.833. The second-order valence-corrected chi connectivity index (χ2v) is 3.44. The van der Waals surface area contributed by atoms with E-state index < -0.39 is 0 Å². The molecule has 0 radical (unpaired) electrons. The van der Waals surface area contributed by atoms with E-state index in [4.69, 9.17) is 5.73 Å². The van der Waals surface area contributed by atoms with Gasteiger partial charge in [0.05, 0.1) is 5.75 Å². The van der Waals surface area contributed by atoms with Gasteiger partial charge in [0, 0.05) is 6.54 Å². The van der Waals surface area contributed by atoms with E-state index in [9.17, 15) is 4.79 Å². The average Bonchev–Trinajstić information content (AvgIpc) is 1.99. The smallest absolute Gasteiger partial charge is 0.230 e. The molecule has 0 atom stereocenters. The van der Waals surface area contributed by atoms with Gasteiger partial charge in [-0.15, -0.1) is 11.7 Å². The standard InChI is InChI=1S/C6H14N2OS2/c7-3-1-2-4-8-6(9)5-11-10/h10H,1-5,7H2,(H,8,9). The minimum Gasteiger partial charge on any atom is -0.355 e. The fourth-order valence-corrected chi connectivity index (χ4v) is 1.18. The zero-order valence-corrected chi connectivity index (χ0v) is 8.09. The lowest BCUT2D eigenvalue weighted by molar-refractivity contribution is -0.118. The Labute approximate surface area is 76.3 Å². The van der Waals surface area contributed by atoms with E-state index in [0.29, 0.717) is 12.3 Å². The van der Waals surface area contributed by atoms with E-state index >= 15 is 0 Å². The molecule has 0 aromatic heterocycles. The molecule has 0 aromatic carbocycles. The number of carbonyl (C=O) groups is 1. The molecule has 3 N–H and O–H groups in total. The summed E-state index contributed by atoms with van der Waals surface area (Å²) in [7, 11) is 1.23. The highest BCUT2D eigenvalue weighted by Crippen LogP contribution is 2.02. The summed E-state index contributed by atoms with van der Waals surface area (Å²) in [6.07, 6.45) is 1.92. The van der Waals surface area contributed by atoms with Crippen LogP contribution in [-0.4, -0.2) is 24.7 Å². The van der Waals surface area contributed by atoms with E-state index in [2.05, 4.69) is 17.0 Å². The van der Waals surface area contributed by atoms with Crippen LogP contribution in [0.5, 0.6) is 0 Å². The van der Waals surface area contributed by atoms with E-state index in [0.717, 1.165) is 19.4 Å². The molecule has 0 aromatic rings. The minimum atomic E-state index is 0.0435. The Morgan fingerprint density at radius 3 is 2.82 bits per heavy atom. The van der Waals surface area contributed by atoms with Crippen LogP contribution in [0.15, 0.2) is 0 Å². The van der Waals surface area contributed by atoms with Crippen molar-refractivity contribution < 1.29 is 4.79 Å². The summed E-state index contributed by atoms with van der Waals surface area (Å²) >= 11 is 3.86. The molecule has 0 saturated carbocycles. The highest BCUT2D eigenvalue weighted by molar-refractivity contribution is 8.68. The SMILES string of the molecule is NCCCCNC(=O)CSS. The lowest BCUT2D eigenvalue weighted by Crippen LogP contribution is -2.26. The molecule has 66 valence electrons. The summed E-state index contributed by atoms with van der Waals surface area (Å²) in [6, 6.07) is 0. The van der Waals surface area contributed by atoms with Gasteiger partial charge in [-0.3, -0.25) is 4.79 Å². The molecule has 3 nitrogen and oxygen atoms in total. The average molecular weight is 194 g/mol. The number of hydrogen-bond acceptors (Lipinski definition) is 4. The van der Waals surface area contributed by atoms with Crippen LogP contribution < -0.4 is 11.1 Å². The Balaban J connectivity index is 3.04. The van der Waals surface area contributed by atoms with Gasteiger partial charge in [0.15, 0.2) is 0 Å². The third-order valence-corrected chi connectivity index (χ3v) is 1.93. The number of amides is 1. The maximum absolute atomic E-state index is 10.8. The molecule has 0 heterocycles. The maximum atomic E-state index is 10.8. The fourth-order valence-electron chi connectivity index (χ4n) is 0.607. The molecule has 0 aliphatic heterocycles. The summed E-state index contributed by atoms with van der Waals surface area (Å²) in [6.45, 7) is 1.42. The summed E-state index contributed by atoms with van der Waals surface area (Å²) in [5.74, 6) is 0.466. The highest BCUT2D eigenvalue weighted by Gasteiger charge is 1.96. The highest BCUT2D eigenvalue weighted by atomic mass is 33.1. The van der Waals surface area contributed by atoms with Gasteiger partial charge in [-0.05, 0) is 19.4 Å². The normalized spacial score (nSPS) is 9.64. The first kappa shape index (κ1) is 11.1. The molecule has 0 aliphatic carbocycles. The van der Waals surface area contributed by atoms with E-state index in [1.54, 1.807) is 0 Å². The van der Waals surface area contributed by atoms with Crippen molar-refractivity contribution in [2.75, 3.05) is 18.8 Å². The van der Waals surface area contributed by atoms with Gasteiger partial charge in [-0.1, -0.05) is 10.8 Å². The van der Waals surface area contributed by atoms with Gasteiger partial charge >= 0.3 is 0 Å². The number of hydrogen-bond donors (Lipinski definition) is 3. The summed E-state index contributed by atoms with van der Waals surface area (Å²) in [5, 5.41) is 2.75. The van der Waals surface area contributed by atoms with Crippen LogP contribution in [0.3, 0.4) is 0 Å². The molecule has 0 saturated heterocycles. The number of thiol groups is 1. The van der Waals surface area contributed by atoms with Crippen molar-refractivity contribution in [1.29, 1.82) is 0 Å². The van der Waals surface area contributed by atoms with Crippen LogP contribution in [-0.2, 0) is 4.79 Å². The van der Waals surface area contributed by atoms with Crippen LogP contribution in [0.4, 0.5) is 0 Å². The third-order valence-electron chi connectivity index (χ3n) is 1.15. The van der Waals surface area contributed by atoms with Crippen molar-refractivity contribution in [1.82, 2.24) is 5.32 Å². The largest absolute Gasteiger partial charge is 0.355 e. The molecular formula is C6H14N2OS2. The zero-order valence-electron chi connectivity index (χ0n) is 6.38.